The van der Waals surface area contributed by atoms with Crippen molar-refractivity contribution in [1.82, 2.24) is 4.90 Å². The summed E-state index contributed by atoms with van der Waals surface area (Å²) in [5, 5.41) is 0. The van der Waals surface area contributed by atoms with Crippen LogP contribution in [0.5, 0.6) is 0 Å². The van der Waals surface area contributed by atoms with E-state index in [4.69, 9.17) is 0 Å². The van der Waals surface area contributed by atoms with Crippen molar-refractivity contribution in [3.05, 3.63) is 35.9 Å². The molecule has 1 aromatic rings. The van der Waals surface area contributed by atoms with Crippen LogP contribution in [0, 0.1) is 5.92 Å². The third kappa shape index (κ3) is 2.61. The van der Waals surface area contributed by atoms with E-state index in [0.717, 1.165) is 5.92 Å². The van der Waals surface area contributed by atoms with Gasteiger partial charge in [-0.05, 0) is 50.3 Å². The van der Waals surface area contributed by atoms with Gasteiger partial charge < -0.3 is 0 Å². The van der Waals surface area contributed by atoms with Gasteiger partial charge in [0.05, 0.1) is 0 Å². The van der Waals surface area contributed by atoms with Crippen molar-refractivity contribution in [2.75, 3.05) is 13.1 Å². The molecule has 1 heterocycles. The maximum Gasteiger partial charge on any atom is 0.0376 e. The first kappa shape index (κ1) is 12.2. The number of hydrogen-bond acceptors (Lipinski definition) is 1. The van der Waals surface area contributed by atoms with E-state index in [0.29, 0.717) is 6.04 Å². The molecule has 98 valence electrons. The lowest BCUT2D eigenvalue weighted by Crippen LogP contribution is -2.37. The van der Waals surface area contributed by atoms with Crippen LogP contribution in [0.2, 0.25) is 0 Å². The van der Waals surface area contributed by atoms with E-state index in [-0.39, 0.29) is 0 Å². The fourth-order valence-corrected chi connectivity index (χ4v) is 3.90. The highest BCUT2D eigenvalue weighted by Crippen LogP contribution is 2.40. The van der Waals surface area contributed by atoms with E-state index < -0.39 is 0 Å². The zero-order valence-electron chi connectivity index (χ0n) is 11.4. The summed E-state index contributed by atoms with van der Waals surface area (Å²) in [6, 6.07) is 12.0. The van der Waals surface area contributed by atoms with Crippen molar-refractivity contribution in [2.24, 2.45) is 5.92 Å². The second kappa shape index (κ2) is 5.88. The third-order valence-corrected chi connectivity index (χ3v) is 4.77. The molecule has 1 aromatic carbocycles. The van der Waals surface area contributed by atoms with Crippen molar-refractivity contribution >= 4 is 0 Å². The lowest BCUT2D eigenvalue weighted by molar-refractivity contribution is 0.117. The average Bonchev–Trinajstić information content (AvgIpc) is 2.95. The van der Waals surface area contributed by atoms with Gasteiger partial charge in [-0.25, -0.2) is 0 Å². The Labute approximate surface area is 111 Å². The summed E-state index contributed by atoms with van der Waals surface area (Å²) in [5.74, 6) is 0.908. The van der Waals surface area contributed by atoms with Gasteiger partial charge in [-0.15, -0.1) is 0 Å². The molecule has 18 heavy (non-hydrogen) atoms. The van der Waals surface area contributed by atoms with Gasteiger partial charge in [0, 0.05) is 6.04 Å². The zero-order chi connectivity index (χ0) is 12.2. The molecule has 0 radical (unpaired) electrons. The predicted octanol–water partition coefficient (Wildman–Crippen LogP) is 4.40. The number of nitrogens with zero attached hydrogens (tertiary/aromatic N) is 1. The van der Waals surface area contributed by atoms with Gasteiger partial charge in [-0.2, -0.15) is 0 Å². The van der Waals surface area contributed by atoms with E-state index in [1.54, 1.807) is 5.56 Å². The van der Waals surface area contributed by atoms with Crippen LogP contribution in [0.1, 0.15) is 56.6 Å². The summed E-state index contributed by atoms with van der Waals surface area (Å²) < 4.78 is 0. The third-order valence-electron chi connectivity index (χ3n) is 4.77. The molecular formula is C17H25N. The minimum atomic E-state index is 0.703. The van der Waals surface area contributed by atoms with Crippen LogP contribution in [0.3, 0.4) is 0 Å². The molecule has 2 aliphatic rings. The van der Waals surface area contributed by atoms with Gasteiger partial charge in [0.25, 0.3) is 0 Å². The van der Waals surface area contributed by atoms with Gasteiger partial charge >= 0.3 is 0 Å². The lowest BCUT2D eigenvalue weighted by atomic mass is 9.89. The molecule has 1 saturated carbocycles. The number of likely N-dealkylation sites (tertiary alicyclic amines) is 1. The minimum Gasteiger partial charge on any atom is -0.296 e. The number of benzene rings is 1. The summed E-state index contributed by atoms with van der Waals surface area (Å²) in [4.78, 5) is 2.77. The van der Waals surface area contributed by atoms with Gasteiger partial charge in [0.2, 0.25) is 0 Å². The molecule has 0 bridgehead atoms. The summed E-state index contributed by atoms with van der Waals surface area (Å²) in [5.41, 5.74) is 1.56. The Morgan fingerprint density at radius 3 is 2.17 bits per heavy atom. The average molecular weight is 243 g/mol. The summed E-state index contributed by atoms with van der Waals surface area (Å²) in [6.45, 7) is 2.63. The van der Waals surface area contributed by atoms with Gasteiger partial charge in [-0.3, -0.25) is 4.90 Å². The van der Waals surface area contributed by atoms with E-state index in [2.05, 4.69) is 35.2 Å². The molecule has 1 saturated heterocycles. The zero-order valence-corrected chi connectivity index (χ0v) is 11.4. The first-order valence-corrected chi connectivity index (χ1v) is 7.74. The largest absolute Gasteiger partial charge is 0.296 e. The monoisotopic (exact) mass is 243 g/mol. The van der Waals surface area contributed by atoms with E-state index >= 15 is 0 Å². The van der Waals surface area contributed by atoms with Crippen LogP contribution >= 0.6 is 0 Å². The van der Waals surface area contributed by atoms with Crippen LogP contribution in [0.15, 0.2) is 30.3 Å². The van der Waals surface area contributed by atoms with E-state index in [1.807, 2.05) is 0 Å². The number of hydrogen-bond donors (Lipinski definition) is 0. The maximum atomic E-state index is 2.77. The first-order chi connectivity index (χ1) is 8.95. The fraction of sp³-hybridized carbons (Fsp3) is 0.647. The Balaban J connectivity index is 1.82. The highest BCUT2D eigenvalue weighted by atomic mass is 15.2. The Bertz CT molecular complexity index is 347. The molecule has 1 atom stereocenters. The Kier molecular flexibility index (Phi) is 3.99. The van der Waals surface area contributed by atoms with E-state index in [9.17, 15) is 0 Å². The van der Waals surface area contributed by atoms with Crippen LogP contribution < -0.4 is 0 Å². The SMILES string of the molecule is c1ccc(C(C2CCCC2)N2CCCCC2)cc1. The fourth-order valence-electron chi connectivity index (χ4n) is 3.90. The molecule has 1 aliphatic heterocycles. The minimum absolute atomic E-state index is 0.703. The molecule has 2 fully saturated rings. The molecule has 1 unspecified atom stereocenters. The summed E-state index contributed by atoms with van der Waals surface area (Å²) in [7, 11) is 0. The molecule has 3 rings (SSSR count). The van der Waals surface area contributed by atoms with Crippen LogP contribution in [-0.4, -0.2) is 18.0 Å². The molecule has 1 heteroatoms. The molecule has 1 nitrogen and oxygen atoms in total. The Hall–Kier alpha value is -0.820. The number of piperidine rings is 1. The Morgan fingerprint density at radius 1 is 0.833 bits per heavy atom. The standard InChI is InChI=1S/C17H25N/c1-3-9-15(10-4-1)17(16-11-5-6-12-16)18-13-7-2-8-14-18/h1,3-4,9-10,16-17H,2,5-8,11-14H2. The van der Waals surface area contributed by atoms with Crippen molar-refractivity contribution in [3.8, 4) is 0 Å². The molecule has 0 spiro atoms. The molecule has 0 amide bonds. The summed E-state index contributed by atoms with van der Waals surface area (Å²) in [6.07, 6.45) is 10.0. The van der Waals surface area contributed by atoms with Crippen molar-refractivity contribution in [3.63, 3.8) is 0 Å². The summed E-state index contributed by atoms with van der Waals surface area (Å²) >= 11 is 0. The van der Waals surface area contributed by atoms with Crippen molar-refractivity contribution in [2.45, 2.75) is 51.0 Å². The van der Waals surface area contributed by atoms with Gasteiger partial charge in [0.15, 0.2) is 0 Å². The van der Waals surface area contributed by atoms with Crippen LogP contribution in [0.25, 0.3) is 0 Å². The highest BCUT2D eigenvalue weighted by Gasteiger charge is 2.31. The van der Waals surface area contributed by atoms with E-state index in [1.165, 1.54) is 58.0 Å². The molecule has 1 aliphatic carbocycles. The lowest BCUT2D eigenvalue weighted by Gasteiger charge is -2.38. The maximum absolute atomic E-state index is 2.77. The Morgan fingerprint density at radius 2 is 1.50 bits per heavy atom. The van der Waals surface area contributed by atoms with Crippen LogP contribution in [-0.2, 0) is 0 Å². The molecular weight excluding hydrogens is 218 g/mol. The van der Waals surface area contributed by atoms with Gasteiger partial charge in [-0.1, -0.05) is 49.6 Å². The topological polar surface area (TPSA) is 3.24 Å². The van der Waals surface area contributed by atoms with Crippen LogP contribution in [0.4, 0.5) is 0 Å². The smallest absolute Gasteiger partial charge is 0.0376 e. The molecule has 0 N–H and O–H groups in total. The molecule has 0 aromatic heterocycles. The first-order valence-electron chi connectivity index (χ1n) is 7.74. The number of rotatable bonds is 3. The quantitative estimate of drug-likeness (QED) is 0.760. The normalized spacial score (nSPS) is 24.2. The second-order valence-corrected chi connectivity index (χ2v) is 6.00. The van der Waals surface area contributed by atoms with Gasteiger partial charge in [0.1, 0.15) is 0 Å². The second-order valence-electron chi connectivity index (χ2n) is 6.00. The van der Waals surface area contributed by atoms with Crippen molar-refractivity contribution in [1.29, 1.82) is 0 Å². The predicted molar refractivity (Wildman–Crippen MR) is 76.6 cm³/mol. The highest BCUT2D eigenvalue weighted by molar-refractivity contribution is 5.20. The van der Waals surface area contributed by atoms with Crippen molar-refractivity contribution < 1.29 is 0 Å².